The lowest BCUT2D eigenvalue weighted by molar-refractivity contribution is -0.131. The van der Waals surface area contributed by atoms with E-state index in [0.717, 1.165) is 6.08 Å². The second kappa shape index (κ2) is 23.7. The van der Waals surface area contributed by atoms with Gasteiger partial charge in [0.2, 0.25) is 0 Å². The number of rotatable bonds is 2. The van der Waals surface area contributed by atoms with Crippen molar-refractivity contribution in [1.29, 1.82) is 0 Å². The molecule has 0 aromatic carbocycles. The first-order chi connectivity index (χ1) is 5.18. The van der Waals surface area contributed by atoms with E-state index in [1.54, 1.807) is 12.2 Å². The molecule has 0 amide bonds. The molecule has 0 aliphatic rings. The molecule has 0 saturated carbocycles. The molecule has 0 aliphatic heterocycles. The monoisotopic (exact) mass is 154 g/mol. The molecule has 11 heavy (non-hydrogen) atoms. The summed E-state index contributed by atoms with van der Waals surface area (Å²) in [4.78, 5) is 9.25. The molecule has 0 spiro atoms. The Hall–Kier alpha value is -1.57. The van der Waals surface area contributed by atoms with Gasteiger partial charge in [-0.15, -0.1) is 13.2 Å². The highest BCUT2D eigenvalue weighted by molar-refractivity contribution is 5.78. The van der Waals surface area contributed by atoms with E-state index in [4.69, 9.17) is 5.11 Å². The van der Waals surface area contributed by atoms with E-state index in [1.807, 2.05) is 0 Å². The normalized spacial score (nSPS) is 5.09. The Morgan fingerprint density at radius 3 is 1.27 bits per heavy atom. The van der Waals surface area contributed by atoms with Crippen molar-refractivity contribution in [3.8, 4) is 0 Å². The molecule has 0 unspecified atom stereocenters. The van der Waals surface area contributed by atoms with Gasteiger partial charge in [-0.3, -0.25) is 0 Å². The van der Waals surface area contributed by atoms with Crippen LogP contribution in [0.3, 0.4) is 0 Å². The number of hydrogen-bond acceptors (Lipinski definition) is 1. The van der Waals surface area contributed by atoms with Crippen LogP contribution >= 0.6 is 0 Å². The lowest BCUT2D eigenvalue weighted by Gasteiger charge is -1.64. The van der Waals surface area contributed by atoms with Gasteiger partial charge in [-0.05, 0) is 0 Å². The number of carboxylic acid groups (broad SMARTS) is 1. The molecular weight excluding hydrogens is 140 g/mol. The third-order valence-electron chi connectivity index (χ3n) is 0.341. The van der Waals surface area contributed by atoms with Crippen molar-refractivity contribution in [1.82, 2.24) is 0 Å². The predicted molar refractivity (Wildman–Crippen MR) is 49.5 cm³/mol. The van der Waals surface area contributed by atoms with E-state index < -0.39 is 5.97 Å². The highest BCUT2D eigenvalue weighted by Crippen LogP contribution is 1.54. The summed E-state index contributed by atoms with van der Waals surface area (Å²) >= 11 is 0. The van der Waals surface area contributed by atoms with E-state index in [1.165, 1.54) is 0 Å². The first-order valence-corrected chi connectivity index (χ1v) is 2.77. The average Bonchev–Trinajstić information content (AvgIpc) is 2.08. The van der Waals surface area contributed by atoms with Gasteiger partial charge in [-0.2, -0.15) is 0 Å². The highest BCUT2D eigenvalue weighted by atomic mass is 16.4. The predicted octanol–water partition coefficient (Wildman–Crippen LogP) is 2.42. The Morgan fingerprint density at radius 2 is 1.27 bits per heavy atom. The van der Waals surface area contributed by atoms with Crippen LogP contribution in [0.15, 0.2) is 51.1 Å². The van der Waals surface area contributed by atoms with Gasteiger partial charge < -0.3 is 5.11 Å². The summed E-state index contributed by atoms with van der Waals surface area (Å²) in [6.07, 6.45) is 4.11. The van der Waals surface area contributed by atoms with Gasteiger partial charge in [0.05, 0.1) is 0 Å². The molecule has 0 aromatic heterocycles. The summed E-state index contributed by atoms with van der Waals surface area (Å²) in [5, 5.41) is 7.60. The van der Waals surface area contributed by atoms with Crippen molar-refractivity contribution in [3.05, 3.63) is 51.1 Å². The molecule has 0 aromatic rings. The molecule has 0 aliphatic carbocycles. The Kier molecular flexibility index (Phi) is 34.9. The number of hydrogen-bond donors (Lipinski definition) is 1. The molecular formula is C9H14O2. The smallest absolute Gasteiger partial charge is 0.327 e. The van der Waals surface area contributed by atoms with Crippen molar-refractivity contribution in [3.63, 3.8) is 0 Å². The first kappa shape index (κ1) is 16.2. The Labute approximate surface area is 67.9 Å². The minimum absolute atomic E-state index is 0.833. The molecule has 0 rings (SSSR count). The van der Waals surface area contributed by atoms with E-state index in [9.17, 15) is 4.79 Å². The van der Waals surface area contributed by atoms with Gasteiger partial charge in [-0.1, -0.05) is 31.9 Å². The fraction of sp³-hybridized carbons (Fsp3) is 0. The maximum absolute atomic E-state index is 9.25. The van der Waals surface area contributed by atoms with E-state index in [2.05, 4.69) is 32.9 Å². The lowest BCUT2D eigenvalue weighted by atomic mass is 10.6. The van der Waals surface area contributed by atoms with Crippen molar-refractivity contribution < 1.29 is 9.90 Å². The number of carbonyl (C=O) groups is 1. The van der Waals surface area contributed by atoms with Gasteiger partial charge in [0.25, 0.3) is 0 Å². The molecule has 0 saturated heterocycles. The SMILES string of the molecule is C=C.C=CC(=O)O.C=CC=C. The zero-order valence-electron chi connectivity index (χ0n) is 6.62. The minimum atomic E-state index is -0.981. The third-order valence-corrected chi connectivity index (χ3v) is 0.341. The fourth-order valence-corrected chi connectivity index (χ4v) is 0. The zero-order chi connectivity index (χ0) is 9.70. The lowest BCUT2D eigenvalue weighted by Crippen LogP contribution is -1.82. The van der Waals surface area contributed by atoms with Crippen LogP contribution in [0, 0.1) is 0 Å². The number of allylic oxidation sites excluding steroid dienone is 2. The highest BCUT2D eigenvalue weighted by Gasteiger charge is 1.73. The molecule has 1 N–H and O–H groups in total. The topological polar surface area (TPSA) is 37.3 Å². The van der Waals surface area contributed by atoms with Crippen molar-refractivity contribution in [2.24, 2.45) is 0 Å². The van der Waals surface area contributed by atoms with Gasteiger partial charge >= 0.3 is 5.97 Å². The molecule has 0 heterocycles. The maximum Gasteiger partial charge on any atom is 0.327 e. The van der Waals surface area contributed by atoms with Crippen molar-refractivity contribution in [2.75, 3.05) is 0 Å². The molecule has 0 radical (unpaired) electrons. The first-order valence-electron chi connectivity index (χ1n) is 2.77. The molecule has 0 bridgehead atoms. The number of carboxylic acids is 1. The Balaban J connectivity index is -0.0000000965. The number of aliphatic carboxylic acids is 1. The second-order valence-corrected chi connectivity index (χ2v) is 1.01. The van der Waals surface area contributed by atoms with E-state index in [-0.39, 0.29) is 0 Å². The van der Waals surface area contributed by atoms with Crippen LogP contribution in [-0.4, -0.2) is 11.1 Å². The summed E-state index contributed by atoms with van der Waals surface area (Å²) < 4.78 is 0. The summed E-state index contributed by atoms with van der Waals surface area (Å²) in [6.45, 7) is 15.7. The minimum Gasteiger partial charge on any atom is -0.478 e. The van der Waals surface area contributed by atoms with Crippen LogP contribution in [0.2, 0.25) is 0 Å². The molecule has 2 heteroatoms. The van der Waals surface area contributed by atoms with E-state index in [0.29, 0.717) is 0 Å². The zero-order valence-corrected chi connectivity index (χ0v) is 6.62. The quantitative estimate of drug-likeness (QED) is 0.377. The van der Waals surface area contributed by atoms with Crippen LogP contribution in [0.5, 0.6) is 0 Å². The van der Waals surface area contributed by atoms with Gasteiger partial charge in [0.1, 0.15) is 0 Å². The van der Waals surface area contributed by atoms with Gasteiger partial charge in [-0.25, -0.2) is 4.79 Å². The molecule has 0 atom stereocenters. The third kappa shape index (κ3) is 170. The van der Waals surface area contributed by atoms with Crippen molar-refractivity contribution in [2.45, 2.75) is 0 Å². The summed E-state index contributed by atoms with van der Waals surface area (Å²) in [6, 6.07) is 0. The van der Waals surface area contributed by atoms with Crippen LogP contribution in [0.4, 0.5) is 0 Å². The fourth-order valence-electron chi connectivity index (χ4n) is 0. The van der Waals surface area contributed by atoms with Crippen LogP contribution in [-0.2, 0) is 4.79 Å². The van der Waals surface area contributed by atoms with Crippen LogP contribution in [0.25, 0.3) is 0 Å². The van der Waals surface area contributed by atoms with E-state index >= 15 is 0 Å². The largest absolute Gasteiger partial charge is 0.478 e. The molecule has 0 fully saturated rings. The van der Waals surface area contributed by atoms with Crippen molar-refractivity contribution >= 4 is 5.97 Å². The Morgan fingerprint density at radius 1 is 1.09 bits per heavy atom. The van der Waals surface area contributed by atoms with Crippen LogP contribution < -0.4 is 0 Å². The standard InChI is InChI=1S/C4H6.C3H4O2.C2H4/c1-3-4-2;1-2-3(4)5;1-2/h3-4H,1-2H2;2H,1H2,(H,4,5);1-2H2. The maximum atomic E-state index is 9.25. The van der Waals surface area contributed by atoms with Crippen LogP contribution in [0.1, 0.15) is 0 Å². The summed E-state index contributed by atoms with van der Waals surface area (Å²) in [5.74, 6) is -0.981. The Bertz CT molecular complexity index is 120. The molecule has 62 valence electrons. The summed E-state index contributed by atoms with van der Waals surface area (Å²) in [7, 11) is 0. The molecule has 2 nitrogen and oxygen atoms in total. The van der Waals surface area contributed by atoms with Gasteiger partial charge in [0, 0.05) is 6.08 Å². The summed E-state index contributed by atoms with van der Waals surface area (Å²) in [5.41, 5.74) is 0. The average molecular weight is 154 g/mol. The second-order valence-electron chi connectivity index (χ2n) is 1.01. The van der Waals surface area contributed by atoms with Gasteiger partial charge in [0.15, 0.2) is 0 Å².